The van der Waals surface area contributed by atoms with Gasteiger partial charge in [0.15, 0.2) is 5.09 Å². The van der Waals surface area contributed by atoms with E-state index in [1.54, 1.807) is 17.6 Å². The van der Waals surface area contributed by atoms with E-state index < -0.39 is 0 Å². The summed E-state index contributed by atoms with van der Waals surface area (Å²) in [7, 11) is 0. The largest absolute Gasteiger partial charge is 0.448 e. The second-order valence-electron chi connectivity index (χ2n) is 5.07. The number of hydrogen-bond acceptors (Lipinski definition) is 6. The molecule has 0 spiro atoms. The highest BCUT2D eigenvalue weighted by atomic mass is 35.5. The number of nitrogens with one attached hydrogen (secondary N) is 1. The lowest BCUT2D eigenvalue weighted by Gasteiger charge is -1.97. The minimum atomic E-state index is 0.671. The molecule has 0 saturated heterocycles. The van der Waals surface area contributed by atoms with E-state index in [1.807, 2.05) is 60.7 Å². The molecule has 0 fully saturated rings. The maximum Gasteiger partial charge on any atom is 0.204 e. The Bertz CT molecular complexity index is 991. The molecule has 2 heterocycles. The van der Waals surface area contributed by atoms with Crippen LogP contribution in [0.4, 0.5) is 5.13 Å². The molecular formula is C18H12ClN3OS2. The number of anilines is 1. The molecule has 0 saturated carbocycles. The second-order valence-corrected chi connectivity index (χ2v) is 7.61. The molecule has 0 aliphatic rings. The van der Waals surface area contributed by atoms with Gasteiger partial charge in [0.05, 0.1) is 16.4 Å². The number of nitrogens with zero attached hydrogens (tertiary/aromatic N) is 2. The molecule has 4 rings (SSSR count). The minimum absolute atomic E-state index is 0.671. The molecule has 2 aromatic carbocycles. The Hall–Kier alpha value is -2.28. The molecule has 0 aliphatic carbocycles. The Morgan fingerprint density at radius 1 is 1.08 bits per heavy atom. The summed E-state index contributed by atoms with van der Waals surface area (Å²) < 4.78 is 6.86. The highest BCUT2D eigenvalue weighted by Crippen LogP contribution is 2.30. The summed E-state index contributed by atoms with van der Waals surface area (Å²) in [4.78, 5) is 5.52. The number of thiazole rings is 1. The van der Waals surface area contributed by atoms with E-state index in [9.17, 15) is 0 Å². The fourth-order valence-corrected chi connectivity index (χ4v) is 3.87. The number of rotatable bonds is 5. The van der Waals surface area contributed by atoms with Crippen LogP contribution in [-0.2, 0) is 0 Å². The first-order valence-electron chi connectivity index (χ1n) is 7.44. The van der Waals surface area contributed by atoms with Gasteiger partial charge in [-0.05, 0) is 48.5 Å². The summed E-state index contributed by atoms with van der Waals surface area (Å²) in [6.45, 7) is 0. The predicted octanol–water partition coefficient (Wildman–Crippen LogP) is 6.14. The number of benzene rings is 2. The number of hydrogen-bond donors (Lipinski definition) is 1. The molecule has 0 aliphatic heterocycles. The number of fused-ring (bicyclic) bond motifs is 1. The minimum Gasteiger partial charge on any atom is -0.448 e. The van der Waals surface area contributed by atoms with Gasteiger partial charge >= 0.3 is 0 Å². The Kier molecular flexibility index (Phi) is 4.74. The SMILES string of the molecule is Clc1ccc(Sc2ccc(/C=N\Nc3nc4ccccc4s3)o2)cc1. The van der Waals surface area contributed by atoms with Crippen molar-refractivity contribution in [3.63, 3.8) is 0 Å². The Morgan fingerprint density at radius 2 is 1.92 bits per heavy atom. The van der Waals surface area contributed by atoms with Gasteiger partial charge < -0.3 is 4.42 Å². The molecule has 0 amide bonds. The maximum absolute atomic E-state index is 5.89. The summed E-state index contributed by atoms with van der Waals surface area (Å²) in [6.07, 6.45) is 1.64. The van der Waals surface area contributed by atoms with Gasteiger partial charge in [0.1, 0.15) is 5.76 Å². The number of furan rings is 1. The predicted molar refractivity (Wildman–Crippen MR) is 105 cm³/mol. The smallest absolute Gasteiger partial charge is 0.204 e. The average Bonchev–Trinajstić information content (AvgIpc) is 3.23. The Morgan fingerprint density at radius 3 is 2.76 bits per heavy atom. The molecule has 0 bridgehead atoms. The Balaban J connectivity index is 1.40. The van der Waals surface area contributed by atoms with Gasteiger partial charge in [0.25, 0.3) is 0 Å². The van der Waals surface area contributed by atoms with Crippen LogP contribution < -0.4 is 5.43 Å². The van der Waals surface area contributed by atoms with E-state index in [1.165, 1.54) is 11.8 Å². The number of halogens is 1. The van der Waals surface area contributed by atoms with Gasteiger partial charge in [-0.25, -0.2) is 4.98 Å². The monoisotopic (exact) mass is 385 g/mol. The number of hydrazone groups is 1. The van der Waals surface area contributed by atoms with Crippen molar-refractivity contribution in [1.29, 1.82) is 0 Å². The van der Waals surface area contributed by atoms with E-state index in [0.717, 1.165) is 30.4 Å². The maximum atomic E-state index is 5.89. The topological polar surface area (TPSA) is 50.4 Å². The molecular weight excluding hydrogens is 374 g/mol. The third kappa shape index (κ3) is 4.04. The summed E-state index contributed by atoms with van der Waals surface area (Å²) >= 11 is 8.98. The van der Waals surface area contributed by atoms with Crippen molar-refractivity contribution in [1.82, 2.24) is 4.98 Å². The molecule has 0 unspecified atom stereocenters. The number of aromatic nitrogens is 1. The first kappa shape index (κ1) is 16.2. The fourth-order valence-electron chi connectivity index (χ4n) is 2.15. The van der Waals surface area contributed by atoms with Gasteiger partial charge in [-0.3, -0.25) is 5.43 Å². The third-order valence-electron chi connectivity index (χ3n) is 3.28. The molecule has 25 heavy (non-hydrogen) atoms. The van der Waals surface area contributed by atoms with Crippen LogP contribution in [0.1, 0.15) is 5.76 Å². The van der Waals surface area contributed by atoms with Crippen molar-refractivity contribution in [3.8, 4) is 0 Å². The quantitative estimate of drug-likeness (QED) is 0.331. The summed E-state index contributed by atoms with van der Waals surface area (Å²) in [5.74, 6) is 0.671. The van der Waals surface area contributed by atoms with E-state index in [2.05, 4.69) is 15.5 Å². The van der Waals surface area contributed by atoms with Crippen molar-refractivity contribution in [3.05, 3.63) is 71.4 Å². The lowest BCUT2D eigenvalue weighted by molar-refractivity contribution is 0.469. The first-order chi connectivity index (χ1) is 12.3. The van der Waals surface area contributed by atoms with Crippen molar-refractivity contribution in [2.24, 2.45) is 5.10 Å². The molecule has 1 N–H and O–H groups in total. The zero-order valence-electron chi connectivity index (χ0n) is 12.8. The molecule has 4 nitrogen and oxygen atoms in total. The van der Waals surface area contributed by atoms with Crippen molar-refractivity contribution in [2.45, 2.75) is 9.99 Å². The van der Waals surface area contributed by atoms with Crippen LogP contribution in [0.25, 0.3) is 10.2 Å². The van der Waals surface area contributed by atoms with Crippen LogP contribution in [-0.4, -0.2) is 11.2 Å². The zero-order valence-corrected chi connectivity index (χ0v) is 15.2. The molecule has 2 aromatic heterocycles. The highest BCUT2D eigenvalue weighted by molar-refractivity contribution is 7.99. The van der Waals surface area contributed by atoms with E-state index in [4.69, 9.17) is 16.0 Å². The molecule has 7 heteroatoms. The van der Waals surface area contributed by atoms with Crippen LogP contribution in [0, 0.1) is 0 Å². The molecule has 0 atom stereocenters. The van der Waals surface area contributed by atoms with E-state index in [0.29, 0.717) is 5.76 Å². The summed E-state index contributed by atoms with van der Waals surface area (Å²) in [5, 5.41) is 6.46. The van der Waals surface area contributed by atoms with Crippen LogP contribution >= 0.6 is 34.7 Å². The van der Waals surface area contributed by atoms with Crippen LogP contribution in [0.3, 0.4) is 0 Å². The van der Waals surface area contributed by atoms with Crippen LogP contribution in [0.5, 0.6) is 0 Å². The third-order valence-corrected chi connectivity index (χ3v) is 5.40. The van der Waals surface area contributed by atoms with Crippen LogP contribution in [0.2, 0.25) is 5.02 Å². The summed E-state index contributed by atoms with van der Waals surface area (Å²) in [6, 6.07) is 19.4. The lowest BCUT2D eigenvalue weighted by atomic mass is 10.3. The van der Waals surface area contributed by atoms with Crippen molar-refractivity contribution in [2.75, 3.05) is 5.43 Å². The number of para-hydroxylation sites is 1. The summed E-state index contributed by atoms with van der Waals surface area (Å²) in [5.41, 5.74) is 3.91. The first-order valence-corrected chi connectivity index (χ1v) is 9.45. The fraction of sp³-hybridized carbons (Fsp3) is 0. The van der Waals surface area contributed by atoms with Crippen molar-refractivity contribution < 1.29 is 4.42 Å². The lowest BCUT2D eigenvalue weighted by Crippen LogP contribution is -1.88. The van der Waals surface area contributed by atoms with Crippen molar-refractivity contribution >= 4 is 56.3 Å². The molecule has 4 aromatic rings. The normalized spacial score (nSPS) is 11.4. The van der Waals surface area contributed by atoms with E-state index >= 15 is 0 Å². The second kappa shape index (κ2) is 7.31. The van der Waals surface area contributed by atoms with Gasteiger partial charge in [0.2, 0.25) is 5.13 Å². The average molecular weight is 386 g/mol. The standard InChI is InChI=1S/C18H12ClN3OS2/c19-12-5-8-14(9-6-12)24-17-10-7-13(23-17)11-20-22-18-21-15-3-1-2-4-16(15)25-18/h1-11H,(H,21,22)/b20-11-. The molecule has 124 valence electrons. The van der Waals surface area contributed by atoms with Gasteiger partial charge in [-0.2, -0.15) is 5.10 Å². The van der Waals surface area contributed by atoms with Gasteiger partial charge in [-0.1, -0.05) is 46.8 Å². The van der Waals surface area contributed by atoms with E-state index in [-0.39, 0.29) is 0 Å². The van der Waals surface area contributed by atoms with Crippen LogP contribution in [0.15, 0.2) is 80.2 Å². The molecule has 0 radical (unpaired) electrons. The Labute approximate surface area is 157 Å². The zero-order chi connectivity index (χ0) is 17.1. The van der Waals surface area contributed by atoms with Gasteiger partial charge in [0, 0.05) is 9.92 Å². The van der Waals surface area contributed by atoms with Gasteiger partial charge in [-0.15, -0.1) is 0 Å². The highest BCUT2D eigenvalue weighted by Gasteiger charge is 2.04.